The predicted molar refractivity (Wildman–Crippen MR) is 78.4 cm³/mol. The number of carbonyl (C=O) groups is 1. The van der Waals surface area contributed by atoms with Crippen molar-refractivity contribution in [3.8, 4) is 0 Å². The van der Waals surface area contributed by atoms with Crippen LogP contribution >= 0.6 is 11.8 Å². The van der Waals surface area contributed by atoms with Crippen molar-refractivity contribution in [3.05, 3.63) is 53.6 Å². The number of aromatic nitrogens is 2. The minimum atomic E-state index is -0.0363. The number of thioether (sulfide) groups is 1. The van der Waals surface area contributed by atoms with E-state index in [1.165, 1.54) is 10.5 Å². The van der Waals surface area contributed by atoms with Crippen LogP contribution in [0.5, 0.6) is 0 Å². The molecule has 0 spiro atoms. The molecule has 4 nitrogen and oxygen atoms in total. The lowest BCUT2D eigenvalue weighted by molar-refractivity contribution is -0.120. The minimum absolute atomic E-state index is 0.0363. The van der Waals surface area contributed by atoms with Crippen LogP contribution in [0.15, 0.2) is 41.6 Å². The second-order valence-corrected chi connectivity index (χ2v) is 6.03. The van der Waals surface area contributed by atoms with Gasteiger partial charge in [-0.1, -0.05) is 18.2 Å². The molecular formula is C15H15N3OS. The van der Waals surface area contributed by atoms with Crippen LogP contribution in [0.2, 0.25) is 0 Å². The maximum Gasteiger partial charge on any atom is 0.234 e. The molecular weight excluding hydrogens is 270 g/mol. The SMILES string of the molecule is Cc1cnc(CNC(=O)C2Cc3ccccc3S2)cn1. The summed E-state index contributed by atoms with van der Waals surface area (Å²) in [6, 6.07) is 8.18. The van der Waals surface area contributed by atoms with Gasteiger partial charge in [-0.2, -0.15) is 0 Å². The molecule has 1 aromatic carbocycles. The summed E-state index contributed by atoms with van der Waals surface area (Å²) in [5, 5.41) is 2.90. The largest absolute Gasteiger partial charge is 0.349 e. The van der Waals surface area contributed by atoms with E-state index in [9.17, 15) is 4.79 Å². The molecule has 1 N–H and O–H groups in total. The highest BCUT2D eigenvalue weighted by Gasteiger charge is 2.27. The van der Waals surface area contributed by atoms with Gasteiger partial charge in [-0.25, -0.2) is 0 Å². The number of fused-ring (bicyclic) bond motifs is 1. The Morgan fingerprint density at radius 1 is 1.35 bits per heavy atom. The molecule has 2 aromatic rings. The van der Waals surface area contributed by atoms with E-state index in [1.54, 1.807) is 24.2 Å². The first-order valence-electron chi connectivity index (χ1n) is 6.52. The smallest absolute Gasteiger partial charge is 0.234 e. The van der Waals surface area contributed by atoms with Gasteiger partial charge < -0.3 is 5.32 Å². The molecule has 1 amide bonds. The Hall–Kier alpha value is -1.88. The summed E-state index contributed by atoms with van der Waals surface area (Å²) in [7, 11) is 0. The molecule has 1 atom stereocenters. The summed E-state index contributed by atoms with van der Waals surface area (Å²) in [5.41, 5.74) is 2.92. The van der Waals surface area contributed by atoms with Crippen molar-refractivity contribution in [2.75, 3.05) is 0 Å². The Balaban J connectivity index is 1.57. The predicted octanol–water partition coefficient (Wildman–Crippen LogP) is 2.12. The Morgan fingerprint density at radius 2 is 2.20 bits per heavy atom. The number of nitrogens with zero attached hydrogens (tertiary/aromatic N) is 2. The summed E-state index contributed by atoms with van der Waals surface area (Å²) in [6.45, 7) is 2.32. The third-order valence-electron chi connectivity index (χ3n) is 3.22. The highest BCUT2D eigenvalue weighted by Crippen LogP contribution is 2.36. The van der Waals surface area contributed by atoms with Crippen LogP contribution in [-0.2, 0) is 17.8 Å². The summed E-state index contributed by atoms with van der Waals surface area (Å²) in [4.78, 5) is 21.8. The van der Waals surface area contributed by atoms with Gasteiger partial charge in [0.25, 0.3) is 0 Å². The van der Waals surface area contributed by atoms with Crippen molar-refractivity contribution < 1.29 is 4.79 Å². The second-order valence-electron chi connectivity index (χ2n) is 4.79. The van der Waals surface area contributed by atoms with Crippen molar-refractivity contribution in [2.24, 2.45) is 0 Å². The Morgan fingerprint density at radius 3 is 2.95 bits per heavy atom. The van der Waals surface area contributed by atoms with Crippen LogP contribution in [-0.4, -0.2) is 21.1 Å². The zero-order chi connectivity index (χ0) is 13.9. The van der Waals surface area contributed by atoms with Gasteiger partial charge >= 0.3 is 0 Å². The molecule has 0 radical (unpaired) electrons. The molecule has 102 valence electrons. The van der Waals surface area contributed by atoms with Crippen molar-refractivity contribution in [1.29, 1.82) is 0 Å². The van der Waals surface area contributed by atoms with Gasteiger partial charge in [0.05, 0.1) is 29.4 Å². The van der Waals surface area contributed by atoms with Crippen molar-refractivity contribution in [2.45, 2.75) is 30.0 Å². The first-order valence-corrected chi connectivity index (χ1v) is 7.40. The van der Waals surface area contributed by atoms with Crippen molar-refractivity contribution in [3.63, 3.8) is 0 Å². The van der Waals surface area contributed by atoms with E-state index in [0.29, 0.717) is 6.54 Å². The number of aryl methyl sites for hydroxylation is 1. The molecule has 3 rings (SSSR count). The van der Waals surface area contributed by atoms with E-state index in [4.69, 9.17) is 0 Å². The van der Waals surface area contributed by atoms with E-state index in [0.717, 1.165) is 17.8 Å². The van der Waals surface area contributed by atoms with Gasteiger partial charge in [0.15, 0.2) is 0 Å². The fourth-order valence-electron chi connectivity index (χ4n) is 2.13. The molecule has 0 fully saturated rings. The zero-order valence-corrected chi connectivity index (χ0v) is 12.0. The number of nitrogens with one attached hydrogen (secondary N) is 1. The molecule has 1 aliphatic heterocycles. The van der Waals surface area contributed by atoms with Crippen LogP contribution < -0.4 is 5.32 Å². The topological polar surface area (TPSA) is 54.9 Å². The monoisotopic (exact) mass is 285 g/mol. The van der Waals surface area contributed by atoms with Crippen LogP contribution in [0.1, 0.15) is 17.0 Å². The third kappa shape index (κ3) is 2.82. The van der Waals surface area contributed by atoms with Crippen molar-refractivity contribution >= 4 is 17.7 Å². The number of benzene rings is 1. The molecule has 2 heterocycles. The van der Waals surface area contributed by atoms with Crippen LogP contribution in [0.25, 0.3) is 0 Å². The molecule has 20 heavy (non-hydrogen) atoms. The van der Waals surface area contributed by atoms with Gasteiger partial charge in [0.1, 0.15) is 0 Å². The molecule has 1 aromatic heterocycles. The van der Waals surface area contributed by atoms with E-state index < -0.39 is 0 Å². The molecule has 1 aliphatic rings. The Bertz CT molecular complexity index is 602. The Labute approximate surface area is 122 Å². The lowest BCUT2D eigenvalue weighted by Gasteiger charge is -2.09. The summed E-state index contributed by atoms with van der Waals surface area (Å²) < 4.78 is 0. The van der Waals surface area contributed by atoms with Gasteiger partial charge in [0, 0.05) is 11.1 Å². The molecule has 0 saturated carbocycles. The molecule has 1 unspecified atom stereocenters. The van der Waals surface area contributed by atoms with E-state index in [1.807, 2.05) is 19.1 Å². The second kappa shape index (κ2) is 5.63. The maximum atomic E-state index is 12.2. The quantitative estimate of drug-likeness (QED) is 0.938. The Kier molecular flexibility index (Phi) is 3.69. The van der Waals surface area contributed by atoms with Crippen molar-refractivity contribution in [1.82, 2.24) is 15.3 Å². The van der Waals surface area contributed by atoms with E-state index in [2.05, 4.69) is 27.4 Å². The first kappa shape index (κ1) is 13.1. The molecule has 0 bridgehead atoms. The molecule has 0 aliphatic carbocycles. The summed E-state index contributed by atoms with van der Waals surface area (Å²) in [5.74, 6) is 0.0635. The van der Waals surface area contributed by atoms with E-state index in [-0.39, 0.29) is 11.2 Å². The van der Waals surface area contributed by atoms with E-state index >= 15 is 0 Å². The lowest BCUT2D eigenvalue weighted by atomic mass is 10.1. The first-order chi connectivity index (χ1) is 9.72. The summed E-state index contributed by atoms with van der Waals surface area (Å²) >= 11 is 1.63. The summed E-state index contributed by atoms with van der Waals surface area (Å²) in [6.07, 6.45) is 4.21. The fourth-order valence-corrected chi connectivity index (χ4v) is 3.35. The van der Waals surface area contributed by atoms with Gasteiger partial charge in [-0.15, -0.1) is 11.8 Å². The normalized spacial score (nSPS) is 16.8. The van der Waals surface area contributed by atoms with Gasteiger partial charge in [-0.3, -0.25) is 14.8 Å². The molecule has 5 heteroatoms. The number of hydrogen-bond donors (Lipinski definition) is 1. The zero-order valence-electron chi connectivity index (χ0n) is 11.2. The lowest BCUT2D eigenvalue weighted by Crippen LogP contribution is -2.32. The maximum absolute atomic E-state index is 12.2. The van der Waals surface area contributed by atoms with Crippen LogP contribution in [0, 0.1) is 6.92 Å². The third-order valence-corrected chi connectivity index (χ3v) is 4.54. The average molecular weight is 285 g/mol. The highest BCUT2D eigenvalue weighted by atomic mass is 32.2. The van der Waals surface area contributed by atoms with Gasteiger partial charge in [-0.05, 0) is 25.0 Å². The number of hydrogen-bond acceptors (Lipinski definition) is 4. The highest BCUT2D eigenvalue weighted by molar-refractivity contribution is 8.01. The van der Waals surface area contributed by atoms with Crippen LogP contribution in [0.4, 0.5) is 0 Å². The number of carbonyl (C=O) groups excluding carboxylic acids is 1. The standard InChI is InChI=1S/C15H15N3OS/c1-10-7-17-12(8-16-10)9-18-15(19)14-6-11-4-2-3-5-13(11)20-14/h2-5,7-8,14H,6,9H2,1H3,(H,18,19). The van der Waals surface area contributed by atoms with Gasteiger partial charge in [0.2, 0.25) is 5.91 Å². The molecule has 0 saturated heterocycles. The fraction of sp³-hybridized carbons (Fsp3) is 0.267. The number of rotatable bonds is 3. The minimum Gasteiger partial charge on any atom is -0.349 e. The van der Waals surface area contributed by atoms with Crippen LogP contribution in [0.3, 0.4) is 0 Å². The average Bonchev–Trinajstić information content (AvgIpc) is 2.90. The number of amides is 1.